The zero-order valence-electron chi connectivity index (χ0n) is 12.7. The normalized spacial score (nSPS) is 13.1. The number of hydrogen-bond acceptors (Lipinski definition) is 5. The van der Waals surface area contributed by atoms with Crippen LogP contribution in [0.1, 0.15) is 22.0 Å². The van der Waals surface area contributed by atoms with Crippen LogP contribution in [-0.4, -0.2) is 33.7 Å². The molecule has 0 aliphatic heterocycles. The topological polar surface area (TPSA) is 113 Å². The molecule has 0 saturated carbocycles. The minimum absolute atomic E-state index is 0.131. The van der Waals surface area contributed by atoms with E-state index in [2.05, 4.69) is 5.32 Å². The highest BCUT2D eigenvalue weighted by Gasteiger charge is 2.24. The summed E-state index contributed by atoms with van der Waals surface area (Å²) in [5.41, 5.74) is 0.320. The Bertz CT molecular complexity index is 783. The van der Waals surface area contributed by atoms with Crippen LogP contribution in [0.15, 0.2) is 42.5 Å². The molecule has 3 N–H and O–H groups in total. The van der Waals surface area contributed by atoms with Crippen molar-refractivity contribution in [3.8, 4) is 0 Å². The molecule has 0 radical (unpaired) electrons. The first-order valence-electron chi connectivity index (χ1n) is 7.12. The average Bonchev–Trinajstić information content (AvgIpc) is 2.58. The summed E-state index contributed by atoms with van der Waals surface area (Å²) in [5.74, 6) is -0.596. The van der Waals surface area contributed by atoms with Crippen molar-refractivity contribution in [2.45, 2.75) is 12.1 Å². The fourth-order valence-electron chi connectivity index (χ4n) is 2.17. The van der Waals surface area contributed by atoms with Crippen molar-refractivity contribution in [1.29, 1.82) is 0 Å². The molecule has 0 fully saturated rings. The van der Waals surface area contributed by atoms with Crippen LogP contribution in [0.5, 0.6) is 0 Å². The molecule has 1 amide bonds. The second kappa shape index (κ2) is 8.26. The van der Waals surface area contributed by atoms with Gasteiger partial charge in [0.15, 0.2) is 0 Å². The molecule has 2 unspecified atom stereocenters. The van der Waals surface area contributed by atoms with Crippen molar-refractivity contribution >= 4 is 34.8 Å². The van der Waals surface area contributed by atoms with E-state index in [1.807, 2.05) is 0 Å². The van der Waals surface area contributed by atoms with Crippen LogP contribution in [0, 0.1) is 10.1 Å². The molecule has 9 heteroatoms. The molecular formula is C16H14Cl2N2O5. The first-order chi connectivity index (χ1) is 11.8. The summed E-state index contributed by atoms with van der Waals surface area (Å²) in [6.07, 6.45) is -1.26. The van der Waals surface area contributed by atoms with E-state index in [0.29, 0.717) is 10.6 Å². The smallest absolute Gasteiger partial charge is 0.269 e. The second-order valence-corrected chi connectivity index (χ2v) is 6.02. The fraction of sp³-hybridized carbons (Fsp3) is 0.188. The van der Waals surface area contributed by atoms with Gasteiger partial charge in [-0.3, -0.25) is 14.9 Å². The van der Waals surface area contributed by atoms with E-state index in [9.17, 15) is 25.1 Å². The van der Waals surface area contributed by atoms with Crippen LogP contribution in [0.2, 0.25) is 10.0 Å². The third-order valence-corrected chi connectivity index (χ3v) is 4.06. The van der Waals surface area contributed by atoms with E-state index in [1.165, 1.54) is 42.5 Å². The van der Waals surface area contributed by atoms with Gasteiger partial charge in [0.05, 0.1) is 28.2 Å². The van der Waals surface area contributed by atoms with Crippen molar-refractivity contribution in [1.82, 2.24) is 5.32 Å². The number of carbonyl (C=O) groups excluding carboxylic acids is 1. The van der Waals surface area contributed by atoms with Gasteiger partial charge in [-0.05, 0) is 35.9 Å². The number of nitro benzene ring substituents is 1. The van der Waals surface area contributed by atoms with E-state index < -0.39 is 29.6 Å². The Balaban J connectivity index is 2.15. The van der Waals surface area contributed by atoms with E-state index in [1.54, 1.807) is 0 Å². The molecule has 7 nitrogen and oxygen atoms in total. The Kier molecular flexibility index (Phi) is 6.33. The highest BCUT2D eigenvalue weighted by molar-refractivity contribution is 6.36. The van der Waals surface area contributed by atoms with Gasteiger partial charge in [-0.2, -0.15) is 0 Å². The summed E-state index contributed by atoms with van der Waals surface area (Å²) in [6.45, 7) is -0.547. The van der Waals surface area contributed by atoms with E-state index >= 15 is 0 Å². The molecule has 2 atom stereocenters. The van der Waals surface area contributed by atoms with Crippen LogP contribution in [0.25, 0.3) is 0 Å². The number of hydrogen-bond donors (Lipinski definition) is 3. The summed E-state index contributed by atoms with van der Waals surface area (Å²) >= 11 is 11.7. The number of amides is 1. The third kappa shape index (κ3) is 4.67. The maximum atomic E-state index is 12.3. The molecule has 132 valence electrons. The predicted octanol–water partition coefficient (Wildman–Crippen LogP) is 2.73. The summed E-state index contributed by atoms with van der Waals surface area (Å²) in [7, 11) is 0. The number of aliphatic hydroxyl groups excluding tert-OH is 2. The zero-order chi connectivity index (χ0) is 18.6. The minimum atomic E-state index is -1.26. The molecule has 2 rings (SSSR count). The molecule has 2 aromatic carbocycles. The Morgan fingerprint density at radius 2 is 1.84 bits per heavy atom. The maximum Gasteiger partial charge on any atom is 0.269 e. The average molecular weight is 385 g/mol. The number of nitrogens with zero attached hydrogens (tertiary/aromatic N) is 1. The molecule has 0 bridgehead atoms. The molecule has 0 saturated heterocycles. The number of carbonyl (C=O) groups is 1. The van der Waals surface area contributed by atoms with Crippen molar-refractivity contribution in [3.05, 3.63) is 73.8 Å². The first kappa shape index (κ1) is 19.1. The number of non-ortho nitro benzene ring substituents is 1. The van der Waals surface area contributed by atoms with Gasteiger partial charge in [0.1, 0.15) is 6.10 Å². The molecule has 2 aromatic rings. The fourth-order valence-corrected chi connectivity index (χ4v) is 2.66. The molecule has 0 aliphatic carbocycles. The van der Waals surface area contributed by atoms with Gasteiger partial charge in [0.2, 0.25) is 0 Å². The third-order valence-electron chi connectivity index (χ3n) is 3.52. The van der Waals surface area contributed by atoms with E-state index in [0.717, 1.165) is 0 Å². The highest BCUT2D eigenvalue weighted by atomic mass is 35.5. The van der Waals surface area contributed by atoms with Crippen LogP contribution in [0.4, 0.5) is 5.69 Å². The second-order valence-electron chi connectivity index (χ2n) is 5.18. The van der Waals surface area contributed by atoms with E-state index in [-0.39, 0.29) is 16.3 Å². The lowest BCUT2D eigenvalue weighted by molar-refractivity contribution is -0.384. The van der Waals surface area contributed by atoms with Crippen LogP contribution < -0.4 is 5.32 Å². The lowest BCUT2D eigenvalue weighted by atomic mass is 10.0. The first-order valence-corrected chi connectivity index (χ1v) is 7.88. The Morgan fingerprint density at radius 3 is 2.36 bits per heavy atom. The molecule has 0 heterocycles. The van der Waals surface area contributed by atoms with Gasteiger partial charge in [0.25, 0.3) is 11.6 Å². The monoisotopic (exact) mass is 384 g/mol. The Labute approximate surface area is 153 Å². The predicted molar refractivity (Wildman–Crippen MR) is 92.9 cm³/mol. The lowest BCUT2D eigenvalue weighted by Crippen LogP contribution is -2.42. The van der Waals surface area contributed by atoms with Crippen molar-refractivity contribution < 1.29 is 19.9 Å². The Hall–Kier alpha value is -2.19. The molecule has 0 spiro atoms. The maximum absolute atomic E-state index is 12.3. The minimum Gasteiger partial charge on any atom is -0.394 e. The largest absolute Gasteiger partial charge is 0.394 e. The summed E-state index contributed by atoms with van der Waals surface area (Å²) < 4.78 is 0. The van der Waals surface area contributed by atoms with Crippen molar-refractivity contribution in [2.24, 2.45) is 0 Å². The number of halogens is 2. The van der Waals surface area contributed by atoms with Gasteiger partial charge < -0.3 is 15.5 Å². The molecule has 0 aromatic heterocycles. The quantitative estimate of drug-likeness (QED) is 0.523. The van der Waals surface area contributed by atoms with Crippen LogP contribution in [-0.2, 0) is 0 Å². The van der Waals surface area contributed by atoms with Crippen LogP contribution in [0.3, 0.4) is 0 Å². The van der Waals surface area contributed by atoms with Gasteiger partial charge >= 0.3 is 0 Å². The standard InChI is InChI=1S/C16H14Cl2N2O5/c17-10-3-6-12(13(18)7-10)16(23)19-14(8-21)15(22)9-1-4-11(5-2-9)20(24)25/h1-7,14-15,21-22H,8H2,(H,19,23). The number of aliphatic hydroxyl groups is 2. The summed E-state index contributed by atoms with van der Waals surface area (Å²) in [5, 5.41) is 33.4. The van der Waals surface area contributed by atoms with Gasteiger partial charge in [-0.15, -0.1) is 0 Å². The number of benzene rings is 2. The van der Waals surface area contributed by atoms with Gasteiger partial charge in [-0.25, -0.2) is 0 Å². The Morgan fingerprint density at radius 1 is 1.20 bits per heavy atom. The molecular weight excluding hydrogens is 371 g/mol. The summed E-state index contributed by atoms with van der Waals surface area (Å²) in [4.78, 5) is 22.4. The van der Waals surface area contributed by atoms with Gasteiger partial charge in [0, 0.05) is 17.2 Å². The lowest BCUT2D eigenvalue weighted by Gasteiger charge is -2.22. The van der Waals surface area contributed by atoms with Crippen molar-refractivity contribution in [3.63, 3.8) is 0 Å². The number of nitro groups is 1. The number of nitrogens with one attached hydrogen (secondary N) is 1. The van der Waals surface area contributed by atoms with Crippen LogP contribution >= 0.6 is 23.2 Å². The molecule has 0 aliphatic rings. The zero-order valence-corrected chi connectivity index (χ0v) is 14.2. The van der Waals surface area contributed by atoms with Gasteiger partial charge in [-0.1, -0.05) is 23.2 Å². The summed E-state index contributed by atoms with van der Waals surface area (Å²) in [6, 6.07) is 8.45. The SMILES string of the molecule is O=C(NC(CO)C(O)c1ccc([N+](=O)[O-])cc1)c1ccc(Cl)cc1Cl. The highest BCUT2D eigenvalue weighted by Crippen LogP contribution is 2.23. The molecule has 25 heavy (non-hydrogen) atoms. The van der Waals surface area contributed by atoms with Crippen molar-refractivity contribution in [2.75, 3.05) is 6.61 Å². The van der Waals surface area contributed by atoms with E-state index in [4.69, 9.17) is 23.2 Å². The number of rotatable bonds is 6.